The third-order valence-electron chi connectivity index (χ3n) is 2.47. The molecule has 5 nitrogen and oxygen atoms in total. The summed E-state index contributed by atoms with van der Waals surface area (Å²) in [4.78, 5) is 1.83. The van der Waals surface area contributed by atoms with E-state index >= 15 is 0 Å². The van der Waals surface area contributed by atoms with Crippen LogP contribution >= 0.6 is 0 Å². The van der Waals surface area contributed by atoms with Crippen molar-refractivity contribution in [1.29, 1.82) is 0 Å². The molecular formula is C8H17NO4. The van der Waals surface area contributed by atoms with Crippen LogP contribution in [-0.2, 0) is 0 Å². The van der Waals surface area contributed by atoms with Gasteiger partial charge in [-0.15, -0.1) is 0 Å². The fourth-order valence-electron chi connectivity index (χ4n) is 1.69. The van der Waals surface area contributed by atoms with Gasteiger partial charge in [0.15, 0.2) is 0 Å². The molecule has 1 aliphatic heterocycles. The summed E-state index contributed by atoms with van der Waals surface area (Å²) in [5, 5.41) is 36.4. The predicted molar refractivity (Wildman–Crippen MR) is 46.1 cm³/mol. The zero-order valence-corrected chi connectivity index (χ0v) is 7.50. The predicted octanol–water partition coefficient (Wildman–Crippen LogP) is -2.38. The maximum Gasteiger partial charge on any atom is 0.0929 e. The molecule has 0 aromatic heterocycles. The lowest BCUT2D eigenvalue weighted by Crippen LogP contribution is -2.54. The Labute approximate surface area is 77.2 Å². The second kappa shape index (κ2) is 4.88. The first-order valence-corrected chi connectivity index (χ1v) is 4.49. The van der Waals surface area contributed by atoms with Gasteiger partial charge in [-0.05, 0) is 0 Å². The van der Waals surface area contributed by atoms with Gasteiger partial charge >= 0.3 is 0 Å². The minimum Gasteiger partial charge on any atom is -0.396 e. The van der Waals surface area contributed by atoms with Crippen LogP contribution < -0.4 is 0 Å². The normalized spacial score (nSPS) is 36.5. The van der Waals surface area contributed by atoms with Gasteiger partial charge in [0.25, 0.3) is 0 Å². The first kappa shape index (κ1) is 10.9. The Morgan fingerprint density at radius 3 is 2.38 bits per heavy atom. The second-order valence-corrected chi connectivity index (χ2v) is 3.48. The minimum absolute atomic E-state index is 0.0287. The first-order chi connectivity index (χ1) is 6.19. The topological polar surface area (TPSA) is 84.2 Å². The first-order valence-electron chi connectivity index (χ1n) is 4.49. The van der Waals surface area contributed by atoms with Crippen molar-refractivity contribution in [3.63, 3.8) is 0 Å². The Kier molecular flexibility index (Phi) is 4.08. The van der Waals surface area contributed by atoms with Gasteiger partial charge in [-0.3, -0.25) is 4.90 Å². The molecule has 1 fully saturated rings. The average Bonchev–Trinajstić information content (AvgIpc) is 2.11. The van der Waals surface area contributed by atoms with E-state index in [-0.39, 0.29) is 19.1 Å². The quantitative estimate of drug-likeness (QED) is 0.400. The van der Waals surface area contributed by atoms with E-state index in [1.165, 1.54) is 0 Å². The third-order valence-corrected chi connectivity index (χ3v) is 2.47. The van der Waals surface area contributed by atoms with Crippen LogP contribution in [0.15, 0.2) is 0 Å². The number of nitrogens with zero attached hydrogens (tertiary/aromatic N) is 1. The molecule has 1 aliphatic rings. The van der Waals surface area contributed by atoms with Crippen LogP contribution in [0.5, 0.6) is 0 Å². The highest BCUT2D eigenvalue weighted by Gasteiger charge is 2.33. The number of likely N-dealkylation sites (tertiary alicyclic amines) is 1. The van der Waals surface area contributed by atoms with Gasteiger partial charge in [-0.25, -0.2) is 0 Å². The van der Waals surface area contributed by atoms with Gasteiger partial charge < -0.3 is 20.4 Å². The van der Waals surface area contributed by atoms with Crippen LogP contribution in [0.3, 0.4) is 0 Å². The number of rotatable bonds is 3. The molecular weight excluding hydrogens is 174 g/mol. The number of hydrogen-bond donors (Lipinski definition) is 4. The summed E-state index contributed by atoms with van der Waals surface area (Å²) in [6.45, 7) is 1.24. The lowest BCUT2D eigenvalue weighted by molar-refractivity contribution is -0.0878. The highest BCUT2D eigenvalue weighted by Crippen LogP contribution is 2.16. The van der Waals surface area contributed by atoms with Crippen LogP contribution in [-0.4, -0.2) is 70.4 Å². The number of aliphatic hydroxyl groups excluding tert-OH is 4. The van der Waals surface area contributed by atoms with Crippen LogP contribution in [0.4, 0.5) is 0 Å². The Morgan fingerprint density at radius 2 is 1.85 bits per heavy atom. The van der Waals surface area contributed by atoms with Crippen LogP contribution in [0.25, 0.3) is 0 Å². The largest absolute Gasteiger partial charge is 0.396 e. The minimum atomic E-state index is -0.847. The molecule has 1 heterocycles. The summed E-state index contributed by atoms with van der Waals surface area (Å²) in [5.41, 5.74) is 0. The van der Waals surface area contributed by atoms with Gasteiger partial charge in [0.2, 0.25) is 0 Å². The van der Waals surface area contributed by atoms with Crippen molar-refractivity contribution in [2.45, 2.75) is 12.2 Å². The SMILES string of the molecule is OCCN1C[C@@H](CO)[C@H](O)[C@@H](O)C1. The Morgan fingerprint density at radius 1 is 1.15 bits per heavy atom. The van der Waals surface area contributed by atoms with Crippen molar-refractivity contribution in [2.75, 3.05) is 32.8 Å². The van der Waals surface area contributed by atoms with E-state index in [4.69, 9.17) is 10.2 Å². The zero-order chi connectivity index (χ0) is 9.84. The fraction of sp³-hybridized carbons (Fsp3) is 1.00. The van der Waals surface area contributed by atoms with Gasteiger partial charge in [-0.2, -0.15) is 0 Å². The average molecular weight is 191 g/mol. The molecule has 78 valence electrons. The molecule has 0 aromatic rings. The summed E-state index contributed by atoms with van der Waals surface area (Å²) in [6.07, 6.45) is -1.67. The van der Waals surface area contributed by atoms with E-state index in [1.54, 1.807) is 0 Å². The molecule has 4 N–H and O–H groups in total. The van der Waals surface area contributed by atoms with Crippen molar-refractivity contribution < 1.29 is 20.4 Å². The molecule has 1 saturated heterocycles. The van der Waals surface area contributed by atoms with Gasteiger partial charge in [0.1, 0.15) is 0 Å². The van der Waals surface area contributed by atoms with Crippen LogP contribution in [0, 0.1) is 5.92 Å². The second-order valence-electron chi connectivity index (χ2n) is 3.48. The summed E-state index contributed by atoms with van der Waals surface area (Å²) in [7, 11) is 0. The summed E-state index contributed by atoms with van der Waals surface area (Å²) in [6, 6.07) is 0. The van der Waals surface area contributed by atoms with Crippen molar-refractivity contribution in [3.8, 4) is 0 Å². The molecule has 0 aliphatic carbocycles. The van der Waals surface area contributed by atoms with Crippen LogP contribution in [0.2, 0.25) is 0 Å². The molecule has 0 radical (unpaired) electrons. The van der Waals surface area contributed by atoms with Crippen molar-refractivity contribution in [2.24, 2.45) is 5.92 Å². The molecule has 0 bridgehead atoms. The van der Waals surface area contributed by atoms with E-state index in [9.17, 15) is 10.2 Å². The van der Waals surface area contributed by atoms with E-state index in [0.29, 0.717) is 19.6 Å². The molecule has 13 heavy (non-hydrogen) atoms. The Hall–Kier alpha value is -0.200. The molecule has 0 amide bonds. The fourth-order valence-corrected chi connectivity index (χ4v) is 1.69. The summed E-state index contributed by atoms with van der Waals surface area (Å²) >= 11 is 0. The highest BCUT2D eigenvalue weighted by molar-refractivity contribution is 4.85. The Bertz CT molecular complexity index is 155. The smallest absolute Gasteiger partial charge is 0.0929 e. The van der Waals surface area contributed by atoms with Gasteiger partial charge in [0.05, 0.1) is 18.8 Å². The number of piperidine rings is 1. The molecule has 0 spiro atoms. The number of hydrogen-bond acceptors (Lipinski definition) is 5. The van der Waals surface area contributed by atoms with E-state index in [2.05, 4.69) is 0 Å². The van der Waals surface area contributed by atoms with E-state index in [0.717, 1.165) is 0 Å². The van der Waals surface area contributed by atoms with Crippen molar-refractivity contribution in [3.05, 3.63) is 0 Å². The maximum absolute atomic E-state index is 9.42. The molecule has 0 aromatic carbocycles. The summed E-state index contributed by atoms with van der Waals surface area (Å²) < 4.78 is 0. The highest BCUT2D eigenvalue weighted by atomic mass is 16.3. The molecule has 3 atom stereocenters. The Balaban J connectivity index is 2.47. The van der Waals surface area contributed by atoms with Crippen LogP contribution in [0.1, 0.15) is 0 Å². The zero-order valence-electron chi connectivity index (χ0n) is 7.50. The van der Waals surface area contributed by atoms with E-state index < -0.39 is 12.2 Å². The number of β-amino-alcohol motifs (C(OH)–C–C–N with tert-alkyl or cyclic N) is 2. The van der Waals surface area contributed by atoms with Gasteiger partial charge in [-0.1, -0.05) is 0 Å². The van der Waals surface area contributed by atoms with Crippen molar-refractivity contribution in [1.82, 2.24) is 4.90 Å². The van der Waals surface area contributed by atoms with E-state index in [1.807, 2.05) is 4.90 Å². The lowest BCUT2D eigenvalue weighted by Gasteiger charge is -2.38. The number of aliphatic hydroxyl groups is 4. The maximum atomic E-state index is 9.42. The van der Waals surface area contributed by atoms with Crippen molar-refractivity contribution >= 4 is 0 Å². The molecule has 1 rings (SSSR count). The molecule has 0 unspecified atom stereocenters. The lowest BCUT2D eigenvalue weighted by atomic mass is 9.93. The summed E-state index contributed by atoms with van der Waals surface area (Å²) in [5.74, 6) is -0.310. The monoisotopic (exact) mass is 191 g/mol. The molecule has 5 heteroatoms. The van der Waals surface area contributed by atoms with Gasteiger partial charge in [0, 0.05) is 32.2 Å². The molecule has 0 saturated carbocycles. The standard InChI is InChI=1S/C8H17NO4/c10-2-1-9-3-6(5-11)8(13)7(12)4-9/h6-8,10-13H,1-5H2/t6-,7-,8-/m0/s1. The third kappa shape index (κ3) is 2.62.